The van der Waals surface area contributed by atoms with Gasteiger partial charge < -0.3 is 4.57 Å². The number of nitrogens with zero attached hydrogens (tertiary/aromatic N) is 2. The average Bonchev–Trinajstić information content (AvgIpc) is 2.74. The van der Waals surface area contributed by atoms with Crippen LogP contribution in [0.2, 0.25) is 5.15 Å². The smallest absolute Gasteiger partial charge is 0.152 e. The van der Waals surface area contributed by atoms with Crippen LogP contribution in [-0.2, 0) is 17.8 Å². The highest BCUT2D eigenvalue weighted by molar-refractivity contribution is 9.10. The molecule has 1 aromatic heterocycles. The average molecular weight is 328 g/mol. The van der Waals surface area contributed by atoms with Crippen molar-refractivity contribution in [1.29, 1.82) is 0 Å². The highest BCUT2D eigenvalue weighted by Crippen LogP contribution is 2.12. The Bertz CT molecular complexity index is 536. The van der Waals surface area contributed by atoms with Crippen LogP contribution in [0, 0.1) is 0 Å². The molecule has 1 heterocycles. The zero-order chi connectivity index (χ0) is 13.0. The number of rotatable bonds is 5. The van der Waals surface area contributed by atoms with E-state index in [0.717, 1.165) is 16.5 Å². The van der Waals surface area contributed by atoms with E-state index in [9.17, 15) is 4.79 Å². The molecule has 2 rings (SSSR count). The molecule has 0 saturated heterocycles. The largest absolute Gasteiger partial charge is 0.328 e. The summed E-state index contributed by atoms with van der Waals surface area (Å²) < 4.78 is 2.75. The molecule has 1 aromatic carbocycles. The monoisotopic (exact) mass is 326 g/mol. The number of aryl methyl sites for hydroxylation is 1. The number of ketones is 1. The van der Waals surface area contributed by atoms with Gasteiger partial charge in [0.25, 0.3) is 0 Å². The highest BCUT2D eigenvalue weighted by atomic mass is 79.9. The Labute approximate surface area is 119 Å². The van der Waals surface area contributed by atoms with Crippen LogP contribution in [0.5, 0.6) is 0 Å². The van der Waals surface area contributed by atoms with Crippen LogP contribution in [-0.4, -0.2) is 15.3 Å². The Morgan fingerprint density at radius 3 is 2.67 bits per heavy atom. The minimum atomic E-state index is 0.173. The molecule has 94 valence electrons. The van der Waals surface area contributed by atoms with Crippen molar-refractivity contribution in [1.82, 2.24) is 9.55 Å². The van der Waals surface area contributed by atoms with Crippen LogP contribution in [0.1, 0.15) is 12.0 Å². The third-order valence-corrected chi connectivity index (χ3v) is 3.29. The number of hydrogen-bond acceptors (Lipinski definition) is 2. The minimum absolute atomic E-state index is 0.173. The van der Waals surface area contributed by atoms with Gasteiger partial charge in [-0.1, -0.05) is 39.7 Å². The van der Waals surface area contributed by atoms with Crippen LogP contribution in [0.3, 0.4) is 0 Å². The van der Waals surface area contributed by atoms with Gasteiger partial charge in [0, 0.05) is 17.1 Å². The van der Waals surface area contributed by atoms with Crippen molar-refractivity contribution in [3.63, 3.8) is 0 Å². The number of carbonyl (C=O) groups is 1. The molecule has 0 bridgehead atoms. The molecule has 0 unspecified atom stereocenters. The third kappa shape index (κ3) is 3.96. The first kappa shape index (κ1) is 13.3. The summed E-state index contributed by atoms with van der Waals surface area (Å²) in [6.45, 7) is 0.330. The Morgan fingerprint density at radius 2 is 2.06 bits per heavy atom. The van der Waals surface area contributed by atoms with Crippen molar-refractivity contribution in [3.05, 3.63) is 52.0 Å². The summed E-state index contributed by atoms with van der Waals surface area (Å²) in [7, 11) is 0. The van der Waals surface area contributed by atoms with Crippen LogP contribution in [0.15, 0.2) is 41.3 Å². The first-order chi connectivity index (χ1) is 8.63. The van der Waals surface area contributed by atoms with Crippen LogP contribution in [0.4, 0.5) is 0 Å². The summed E-state index contributed by atoms with van der Waals surface area (Å²) in [6, 6.07) is 8.00. The van der Waals surface area contributed by atoms with Gasteiger partial charge in [-0.2, -0.15) is 0 Å². The second-order valence-corrected chi connectivity index (χ2v) is 5.34. The van der Waals surface area contributed by atoms with Crippen LogP contribution in [0.25, 0.3) is 0 Å². The van der Waals surface area contributed by atoms with Gasteiger partial charge in [-0.05, 0) is 24.1 Å². The summed E-state index contributed by atoms with van der Waals surface area (Å²) in [5, 5.41) is 0.413. The van der Waals surface area contributed by atoms with Crippen molar-refractivity contribution in [2.24, 2.45) is 0 Å². The van der Waals surface area contributed by atoms with Gasteiger partial charge in [-0.15, -0.1) is 0 Å². The number of halogens is 2. The van der Waals surface area contributed by atoms with Crippen molar-refractivity contribution >= 4 is 33.3 Å². The maximum absolute atomic E-state index is 11.8. The molecule has 0 fully saturated rings. The third-order valence-electron chi connectivity index (χ3n) is 2.57. The van der Waals surface area contributed by atoms with Crippen molar-refractivity contribution < 1.29 is 4.79 Å². The molecule has 0 aliphatic carbocycles. The molecule has 0 atom stereocenters. The molecular formula is C13H12BrClN2O. The van der Waals surface area contributed by atoms with E-state index in [0.29, 0.717) is 18.1 Å². The number of benzene rings is 1. The van der Waals surface area contributed by atoms with Crippen molar-refractivity contribution in [3.8, 4) is 0 Å². The molecule has 0 saturated carbocycles. The van der Waals surface area contributed by atoms with Crippen LogP contribution < -0.4 is 0 Å². The lowest BCUT2D eigenvalue weighted by molar-refractivity contribution is -0.119. The number of hydrogen-bond donors (Lipinski definition) is 0. The lowest BCUT2D eigenvalue weighted by Gasteiger charge is -2.02. The predicted molar refractivity (Wildman–Crippen MR) is 74.7 cm³/mol. The van der Waals surface area contributed by atoms with E-state index in [1.165, 1.54) is 0 Å². The lowest BCUT2D eigenvalue weighted by Crippen LogP contribution is -2.09. The number of carbonyl (C=O) groups excluding carboxylic acids is 1. The highest BCUT2D eigenvalue weighted by Gasteiger charge is 2.05. The van der Waals surface area contributed by atoms with Gasteiger partial charge in [0.15, 0.2) is 5.78 Å². The van der Waals surface area contributed by atoms with E-state index < -0.39 is 0 Å². The fourth-order valence-electron chi connectivity index (χ4n) is 1.64. The normalized spacial score (nSPS) is 10.6. The van der Waals surface area contributed by atoms with Crippen molar-refractivity contribution in [2.75, 3.05) is 0 Å². The van der Waals surface area contributed by atoms with Gasteiger partial charge in [-0.25, -0.2) is 4.98 Å². The standard InChI is InChI=1S/C13H12BrClN2O/c14-11-4-1-10(2-5-11)3-6-12(18)7-17-8-13(15)16-9-17/h1-2,4-5,8-9H,3,6-7H2. The molecule has 2 aromatic rings. The van der Waals surface area contributed by atoms with Gasteiger partial charge in [0.05, 0.1) is 12.9 Å². The van der Waals surface area contributed by atoms with Gasteiger partial charge in [0.1, 0.15) is 5.15 Å². The fourth-order valence-corrected chi connectivity index (χ4v) is 2.07. The molecule has 0 N–H and O–H groups in total. The van der Waals surface area contributed by atoms with E-state index in [4.69, 9.17) is 11.6 Å². The van der Waals surface area contributed by atoms with E-state index >= 15 is 0 Å². The van der Waals surface area contributed by atoms with E-state index in [2.05, 4.69) is 20.9 Å². The van der Waals surface area contributed by atoms with E-state index in [-0.39, 0.29) is 5.78 Å². The van der Waals surface area contributed by atoms with Gasteiger partial charge >= 0.3 is 0 Å². The molecule has 0 amide bonds. The summed E-state index contributed by atoms with van der Waals surface area (Å²) >= 11 is 9.07. The molecule has 3 nitrogen and oxygen atoms in total. The topological polar surface area (TPSA) is 34.9 Å². The Hall–Kier alpha value is -1.13. The van der Waals surface area contributed by atoms with Crippen molar-refractivity contribution in [2.45, 2.75) is 19.4 Å². The molecule has 0 aliphatic rings. The quantitative estimate of drug-likeness (QED) is 0.842. The van der Waals surface area contributed by atoms with E-state index in [1.807, 2.05) is 24.3 Å². The summed E-state index contributed by atoms with van der Waals surface area (Å²) in [5.74, 6) is 0.173. The fraction of sp³-hybridized carbons (Fsp3) is 0.231. The zero-order valence-electron chi connectivity index (χ0n) is 9.64. The SMILES string of the molecule is O=C(CCc1ccc(Br)cc1)Cn1cnc(Cl)c1. The summed E-state index contributed by atoms with van der Waals surface area (Å²) in [5.41, 5.74) is 1.16. The first-order valence-corrected chi connectivity index (χ1v) is 6.74. The Kier molecular flexibility index (Phi) is 4.55. The van der Waals surface area contributed by atoms with E-state index in [1.54, 1.807) is 17.1 Å². The van der Waals surface area contributed by atoms with Gasteiger partial charge in [0.2, 0.25) is 0 Å². The zero-order valence-corrected chi connectivity index (χ0v) is 12.0. The molecule has 0 radical (unpaired) electrons. The number of aromatic nitrogens is 2. The second-order valence-electron chi connectivity index (χ2n) is 4.03. The molecular weight excluding hydrogens is 316 g/mol. The minimum Gasteiger partial charge on any atom is -0.328 e. The van der Waals surface area contributed by atoms with Gasteiger partial charge in [-0.3, -0.25) is 4.79 Å². The second kappa shape index (κ2) is 6.16. The van der Waals surface area contributed by atoms with Crippen LogP contribution >= 0.6 is 27.5 Å². The Morgan fingerprint density at radius 1 is 1.33 bits per heavy atom. The first-order valence-electron chi connectivity index (χ1n) is 5.57. The number of Topliss-reactive ketones (excluding diaryl/α,β-unsaturated/α-hetero) is 1. The molecule has 0 aliphatic heterocycles. The molecule has 0 spiro atoms. The Balaban J connectivity index is 1.83. The maximum atomic E-state index is 11.8. The molecule has 18 heavy (non-hydrogen) atoms. The maximum Gasteiger partial charge on any atom is 0.152 e. The number of imidazole rings is 1. The molecule has 5 heteroatoms. The summed E-state index contributed by atoms with van der Waals surface area (Å²) in [6.07, 6.45) is 4.50. The lowest BCUT2D eigenvalue weighted by atomic mass is 10.1. The summed E-state index contributed by atoms with van der Waals surface area (Å²) in [4.78, 5) is 15.6. The predicted octanol–water partition coefficient (Wildman–Crippen LogP) is 3.50.